The molecule has 0 heterocycles. The Kier molecular flexibility index (Phi) is 4.94. The second-order valence-corrected chi connectivity index (χ2v) is 5.24. The van der Waals surface area contributed by atoms with E-state index in [1.807, 2.05) is 30.3 Å². The minimum absolute atomic E-state index is 0.0584. The molecule has 110 valence electrons. The lowest BCUT2D eigenvalue weighted by Crippen LogP contribution is -2.14. The molecule has 0 amide bonds. The monoisotopic (exact) mass is 304 g/mol. The van der Waals surface area contributed by atoms with Crippen molar-refractivity contribution in [2.45, 2.75) is 9.79 Å². The first-order valence-electron chi connectivity index (χ1n) is 6.15. The van der Waals surface area contributed by atoms with Crippen molar-refractivity contribution in [3.05, 3.63) is 48.0 Å². The lowest BCUT2D eigenvalue weighted by atomic mass is 10.2. The molecule has 0 aliphatic carbocycles. The van der Waals surface area contributed by atoms with Crippen molar-refractivity contribution in [1.29, 1.82) is 0 Å². The molecule has 21 heavy (non-hydrogen) atoms. The van der Waals surface area contributed by atoms with Crippen LogP contribution in [0, 0.1) is 0 Å². The van der Waals surface area contributed by atoms with Gasteiger partial charge in [-0.1, -0.05) is 23.0 Å². The van der Waals surface area contributed by atoms with Crippen LogP contribution in [0.15, 0.2) is 57.4 Å². The number of hydrogen-bond donors (Lipinski definition) is 2. The summed E-state index contributed by atoms with van der Waals surface area (Å²) in [5.41, 5.74) is 6.36. The molecule has 2 rings (SSSR count). The van der Waals surface area contributed by atoms with E-state index >= 15 is 0 Å². The molecule has 0 atom stereocenters. The van der Waals surface area contributed by atoms with Gasteiger partial charge in [-0.05, 0) is 36.4 Å². The predicted octanol–water partition coefficient (Wildman–Crippen LogP) is 2.95. The van der Waals surface area contributed by atoms with Crippen LogP contribution in [-0.4, -0.2) is 25.3 Å². The van der Waals surface area contributed by atoms with Gasteiger partial charge in [-0.3, -0.25) is 0 Å². The number of rotatable bonds is 5. The molecule has 0 radical (unpaired) electrons. The third-order valence-corrected chi connectivity index (χ3v) is 3.89. The maximum absolute atomic E-state index is 8.89. The minimum Gasteiger partial charge on any atom is -0.497 e. The number of nitrogens with zero attached hydrogens (tertiary/aromatic N) is 1. The molecule has 2 aromatic carbocycles. The van der Waals surface area contributed by atoms with Gasteiger partial charge in [0.2, 0.25) is 0 Å². The Morgan fingerprint density at radius 1 is 1.10 bits per heavy atom. The summed E-state index contributed by atoms with van der Waals surface area (Å²) in [6.45, 7) is 0. The van der Waals surface area contributed by atoms with Crippen LogP contribution in [0.3, 0.4) is 0 Å². The Morgan fingerprint density at radius 3 is 2.48 bits per heavy atom. The van der Waals surface area contributed by atoms with Crippen molar-refractivity contribution < 1.29 is 14.7 Å². The van der Waals surface area contributed by atoms with Crippen LogP contribution < -0.4 is 15.2 Å². The number of methoxy groups -OCH3 is 2. The van der Waals surface area contributed by atoms with Crippen molar-refractivity contribution in [2.75, 3.05) is 14.2 Å². The van der Waals surface area contributed by atoms with Crippen molar-refractivity contribution in [3.63, 3.8) is 0 Å². The summed E-state index contributed by atoms with van der Waals surface area (Å²) in [7, 11) is 3.22. The SMILES string of the molecule is COc1cccc(Sc2cc(OC)ccc2/C(N)=N/O)c1. The van der Waals surface area contributed by atoms with Gasteiger partial charge in [-0.15, -0.1) is 0 Å². The number of nitrogens with two attached hydrogens (primary N) is 1. The third kappa shape index (κ3) is 3.61. The highest BCUT2D eigenvalue weighted by Gasteiger charge is 2.11. The lowest BCUT2D eigenvalue weighted by molar-refractivity contribution is 0.318. The fourth-order valence-electron chi connectivity index (χ4n) is 1.77. The van der Waals surface area contributed by atoms with Gasteiger partial charge in [0, 0.05) is 15.4 Å². The first-order chi connectivity index (χ1) is 10.2. The minimum atomic E-state index is 0.0584. The third-order valence-electron chi connectivity index (χ3n) is 2.84. The number of oxime groups is 1. The fraction of sp³-hybridized carbons (Fsp3) is 0.133. The van der Waals surface area contributed by atoms with Crippen molar-refractivity contribution >= 4 is 17.6 Å². The molecule has 3 N–H and O–H groups in total. The van der Waals surface area contributed by atoms with Gasteiger partial charge in [-0.25, -0.2) is 0 Å². The molecule has 0 saturated carbocycles. The molecule has 0 bridgehead atoms. The maximum Gasteiger partial charge on any atom is 0.171 e. The van der Waals surface area contributed by atoms with E-state index in [2.05, 4.69) is 5.16 Å². The van der Waals surface area contributed by atoms with E-state index in [1.54, 1.807) is 26.4 Å². The molecule has 5 nitrogen and oxygen atoms in total. The molecule has 0 unspecified atom stereocenters. The number of ether oxygens (including phenoxy) is 2. The number of hydrogen-bond acceptors (Lipinski definition) is 5. The summed E-state index contributed by atoms with van der Waals surface area (Å²) in [5, 5.41) is 12.0. The van der Waals surface area contributed by atoms with Gasteiger partial charge in [0.25, 0.3) is 0 Å². The second-order valence-electron chi connectivity index (χ2n) is 4.13. The van der Waals surface area contributed by atoms with E-state index in [9.17, 15) is 0 Å². The molecule has 0 aliphatic rings. The van der Waals surface area contributed by atoms with Gasteiger partial charge >= 0.3 is 0 Å². The van der Waals surface area contributed by atoms with Gasteiger partial charge in [0.05, 0.1) is 14.2 Å². The summed E-state index contributed by atoms with van der Waals surface area (Å²) in [4.78, 5) is 1.81. The highest BCUT2D eigenvalue weighted by Crippen LogP contribution is 2.34. The molecular formula is C15H16N2O3S. The van der Waals surface area contributed by atoms with Gasteiger partial charge in [-0.2, -0.15) is 0 Å². The van der Waals surface area contributed by atoms with Crippen LogP contribution >= 0.6 is 11.8 Å². The van der Waals surface area contributed by atoms with Crippen LogP contribution in [0.4, 0.5) is 0 Å². The molecule has 2 aromatic rings. The summed E-state index contributed by atoms with van der Waals surface area (Å²) >= 11 is 1.49. The predicted molar refractivity (Wildman–Crippen MR) is 82.6 cm³/mol. The largest absolute Gasteiger partial charge is 0.497 e. The Hall–Kier alpha value is -2.34. The Labute approximate surface area is 127 Å². The lowest BCUT2D eigenvalue weighted by Gasteiger charge is -2.10. The summed E-state index contributed by atoms with van der Waals surface area (Å²) in [6, 6.07) is 13.0. The molecular weight excluding hydrogens is 288 g/mol. The normalized spacial score (nSPS) is 11.2. The molecule has 0 fully saturated rings. The first-order valence-corrected chi connectivity index (χ1v) is 6.97. The van der Waals surface area contributed by atoms with Gasteiger partial charge in [0.15, 0.2) is 5.84 Å². The Balaban J connectivity index is 2.40. The van der Waals surface area contributed by atoms with Crippen molar-refractivity contribution in [1.82, 2.24) is 0 Å². The zero-order chi connectivity index (χ0) is 15.2. The van der Waals surface area contributed by atoms with E-state index in [0.717, 1.165) is 15.5 Å². The second kappa shape index (κ2) is 6.90. The van der Waals surface area contributed by atoms with E-state index in [4.69, 9.17) is 20.4 Å². The Morgan fingerprint density at radius 2 is 1.81 bits per heavy atom. The fourth-order valence-corrected chi connectivity index (χ4v) is 2.80. The molecule has 0 spiro atoms. The van der Waals surface area contributed by atoms with E-state index in [-0.39, 0.29) is 5.84 Å². The van der Waals surface area contributed by atoms with Crippen LogP contribution in [0.25, 0.3) is 0 Å². The van der Waals surface area contributed by atoms with Crippen LogP contribution in [0.1, 0.15) is 5.56 Å². The van der Waals surface area contributed by atoms with Crippen molar-refractivity contribution in [3.8, 4) is 11.5 Å². The van der Waals surface area contributed by atoms with Crippen LogP contribution in [-0.2, 0) is 0 Å². The quantitative estimate of drug-likeness (QED) is 0.384. The number of amidine groups is 1. The smallest absolute Gasteiger partial charge is 0.171 e. The van der Waals surface area contributed by atoms with Crippen LogP contribution in [0.5, 0.6) is 11.5 Å². The van der Waals surface area contributed by atoms with Gasteiger partial charge < -0.3 is 20.4 Å². The first kappa shape index (κ1) is 15.1. The highest BCUT2D eigenvalue weighted by atomic mass is 32.2. The van der Waals surface area contributed by atoms with E-state index in [0.29, 0.717) is 11.3 Å². The molecule has 6 heteroatoms. The maximum atomic E-state index is 8.89. The highest BCUT2D eigenvalue weighted by molar-refractivity contribution is 7.99. The summed E-state index contributed by atoms with van der Waals surface area (Å²) < 4.78 is 10.4. The summed E-state index contributed by atoms with van der Waals surface area (Å²) in [5.74, 6) is 1.53. The molecule has 0 saturated heterocycles. The van der Waals surface area contributed by atoms with Crippen molar-refractivity contribution in [2.24, 2.45) is 10.9 Å². The standard InChI is InChI=1S/C15H16N2O3S/c1-19-10-4-3-5-12(8-10)21-14-9-11(20-2)6-7-13(14)15(16)17-18/h3-9,18H,1-2H3,(H2,16,17). The van der Waals surface area contributed by atoms with Gasteiger partial charge in [0.1, 0.15) is 11.5 Å². The average molecular weight is 304 g/mol. The topological polar surface area (TPSA) is 77.1 Å². The molecule has 0 aromatic heterocycles. The zero-order valence-corrected chi connectivity index (χ0v) is 12.6. The zero-order valence-electron chi connectivity index (χ0n) is 11.7. The van der Waals surface area contributed by atoms with E-state index < -0.39 is 0 Å². The molecule has 0 aliphatic heterocycles. The van der Waals surface area contributed by atoms with Crippen LogP contribution in [0.2, 0.25) is 0 Å². The van der Waals surface area contributed by atoms with E-state index in [1.165, 1.54) is 11.8 Å². The number of benzene rings is 2. The average Bonchev–Trinajstić information content (AvgIpc) is 2.54. The Bertz CT molecular complexity index is 659. The summed E-state index contributed by atoms with van der Waals surface area (Å²) in [6.07, 6.45) is 0.